The average Bonchev–Trinajstić information content (AvgIpc) is 2.65. The summed E-state index contributed by atoms with van der Waals surface area (Å²) in [7, 11) is -5.10. The Balaban J connectivity index is 2.67. The quantitative estimate of drug-likeness (QED) is 0.239. The first kappa shape index (κ1) is 22.0. The van der Waals surface area contributed by atoms with Gasteiger partial charge in [0.2, 0.25) is 0 Å². The van der Waals surface area contributed by atoms with Crippen molar-refractivity contribution in [2.45, 2.75) is 4.75 Å². The minimum absolute atomic E-state index is 0.0283. The fraction of sp³-hybridized carbons (Fsp3) is 0.0526. The number of hydrogen-bond acceptors (Lipinski definition) is 4. The van der Waals surface area contributed by atoms with Crippen LogP contribution in [0.4, 0.5) is 0 Å². The molecule has 3 aromatic carbocycles. The van der Waals surface area contributed by atoms with E-state index in [2.05, 4.69) is 0 Å². The van der Waals surface area contributed by atoms with Crippen LogP contribution < -0.4 is 0 Å². The van der Waals surface area contributed by atoms with E-state index >= 15 is 0 Å². The molecule has 3 rings (SSSR count). The maximum atomic E-state index is 13.0. The van der Waals surface area contributed by atoms with Crippen molar-refractivity contribution in [3.63, 3.8) is 0 Å². The molecule has 152 valence electrons. The van der Waals surface area contributed by atoms with Crippen molar-refractivity contribution >= 4 is 56.5 Å². The molecule has 0 saturated carbocycles. The van der Waals surface area contributed by atoms with Gasteiger partial charge >= 0.3 is 0 Å². The molecule has 3 aromatic rings. The van der Waals surface area contributed by atoms with Crippen LogP contribution in [0.1, 0.15) is 16.7 Å². The van der Waals surface area contributed by atoms with Gasteiger partial charge in [0.05, 0.1) is 10.0 Å². The lowest BCUT2D eigenvalue weighted by Gasteiger charge is -2.34. The molecule has 0 fully saturated rings. The molecule has 0 aliphatic heterocycles. The number of phenols is 2. The molecule has 1 atom stereocenters. The minimum atomic E-state index is -5.10. The Kier molecular flexibility index (Phi) is 5.98. The average molecular weight is 494 g/mol. The Labute approximate surface area is 186 Å². The van der Waals surface area contributed by atoms with Gasteiger partial charge in [0.1, 0.15) is 16.5 Å². The second-order valence-electron chi connectivity index (χ2n) is 6.07. The Morgan fingerprint density at radius 3 is 2.00 bits per heavy atom. The van der Waals surface area contributed by atoms with Gasteiger partial charge in [-0.25, -0.2) is 0 Å². The molecule has 5 nitrogen and oxygen atoms in total. The topological polar surface area (TPSA) is 94.8 Å². The van der Waals surface area contributed by atoms with E-state index in [-0.39, 0.29) is 37.5 Å². The molecule has 0 aromatic heterocycles. The van der Waals surface area contributed by atoms with Gasteiger partial charge in [-0.05, 0) is 23.8 Å². The summed E-state index contributed by atoms with van der Waals surface area (Å²) in [6.45, 7) is 0. The van der Waals surface area contributed by atoms with E-state index in [1.807, 2.05) is 0 Å². The van der Waals surface area contributed by atoms with Crippen LogP contribution >= 0.6 is 46.4 Å². The van der Waals surface area contributed by atoms with E-state index in [0.29, 0.717) is 0 Å². The number of halogens is 4. The highest BCUT2D eigenvalue weighted by molar-refractivity contribution is 7.87. The van der Waals surface area contributed by atoms with Gasteiger partial charge in [-0.1, -0.05) is 76.7 Å². The van der Waals surface area contributed by atoms with Crippen molar-refractivity contribution in [2.75, 3.05) is 0 Å². The maximum Gasteiger partial charge on any atom is 0.283 e. The number of phenolic OH excluding ortho intramolecular Hbond substituents is 2. The molecule has 0 saturated heterocycles. The van der Waals surface area contributed by atoms with E-state index in [4.69, 9.17) is 46.4 Å². The Bertz CT molecular complexity index is 1200. The molecule has 0 bridgehead atoms. The molecule has 1 unspecified atom stereocenters. The third-order valence-electron chi connectivity index (χ3n) is 4.39. The van der Waals surface area contributed by atoms with Gasteiger partial charge in [-0.2, -0.15) is 8.42 Å². The van der Waals surface area contributed by atoms with E-state index in [9.17, 15) is 23.2 Å². The van der Waals surface area contributed by atoms with E-state index in [1.54, 1.807) is 6.07 Å². The third-order valence-corrected chi connectivity index (χ3v) is 7.31. The summed E-state index contributed by atoms with van der Waals surface area (Å²) in [5.74, 6) is -0.796. The van der Waals surface area contributed by atoms with Crippen molar-refractivity contribution in [1.82, 2.24) is 0 Å². The summed E-state index contributed by atoms with van der Waals surface area (Å²) in [6.07, 6.45) is 0. The minimum Gasteiger partial charge on any atom is -0.508 e. The summed E-state index contributed by atoms with van der Waals surface area (Å²) in [5, 5.41) is 18.8. The lowest BCUT2D eigenvalue weighted by Crippen LogP contribution is -2.39. The first-order valence-electron chi connectivity index (χ1n) is 7.90. The lowest BCUT2D eigenvalue weighted by atomic mass is 9.83. The molecule has 0 spiro atoms. The van der Waals surface area contributed by atoms with Crippen LogP contribution in [0.25, 0.3) is 0 Å². The van der Waals surface area contributed by atoms with E-state index < -0.39 is 25.6 Å². The van der Waals surface area contributed by atoms with Crippen molar-refractivity contribution in [3.05, 3.63) is 91.4 Å². The summed E-state index contributed by atoms with van der Waals surface area (Å²) in [5.41, 5.74) is -0.510. The SMILES string of the molecule is O=S(=O)(O)C(c1ccccc1)(c1cc(O)ccc1Cl)c1c(Cl)cc(O)c(Cl)c1Cl. The lowest BCUT2D eigenvalue weighted by molar-refractivity contribution is 0.455. The van der Waals surface area contributed by atoms with E-state index in [0.717, 1.165) is 12.1 Å². The van der Waals surface area contributed by atoms with Gasteiger partial charge in [0, 0.05) is 22.2 Å². The Hall–Kier alpha value is -1.67. The molecule has 0 aliphatic rings. The first-order valence-corrected chi connectivity index (χ1v) is 10.9. The second kappa shape index (κ2) is 7.87. The zero-order chi connectivity index (χ0) is 21.6. The molecule has 29 heavy (non-hydrogen) atoms. The Morgan fingerprint density at radius 1 is 0.793 bits per heavy atom. The van der Waals surface area contributed by atoms with Crippen LogP contribution in [0, 0.1) is 0 Å². The largest absolute Gasteiger partial charge is 0.508 e. The molecule has 3 N–H and O–H groups in total. The highest BCUT2D eigenvalue weighted by atomic mass is 35.5. The standard InChI is InChI=1S/C19H12Cl4O5S/c20-13-7-6-11(24)8-12(13)19(29(26,27)28,10-4-2-1-3-5-10)16-14(21)9-15(25)17(22)18(16)23/h1-9,24-25H,(H,26,27,28). The number of benzene rings is 3. The smallest absolute Gasteiger partial charge is 0.283 e. The molecular formula is C19H12Cl4O5S. The summed E-state index contributed by atoms with van der Waals surface area (Å²) >= 11 is 25.0. The highest BCUT2D eigenvalue weighted by Crippen LogP contribution is 2.54. The molecule has 0 aliphatic carbocycles. The van der Waals surface area contributed by atoms with Crippen LogP contribution in [0.2, 0.25) is 20.1 Å². The van der Waals surface area contributed by atoms with Crippen LogP contribution in [-0.2, 0) is 14.9 Å². The van der Waals surface area contributed by atoms with Crippen molar-refractivity contribution in [3.8, 4) is 11.5 Å². The summed E-state index contributed by atoms with van der Waals surface area (Å²) in [6, 6.07) is 12.1. The monoisotopic (exact) mass is 492 g/mol. The molecule has 10 heteroatoms. The number of hydrogen-bond donors (Lipinski definition) is 3. The Morgan fingerprint density at radius 2 is 1.41 bits per heavy atom. The molecular weight excluding hydrogens is 482 g/mol. The van der Waals surface area contributed by atoms with E-state index in [1.165, 1.54) is 36.4 Å². The highest BCUT2D eigenvalue weighted by Gasteiger charge is 2.52. The van der Waals surface area contributed by atoms with Gasteiger partial charge in [0.25, 0.3) is 10.1 Å². The van der Waals surface area contributed by atoms with Crippen LogP contribution in [-0.4, -0.2) is 23.2 Å². The zero-order valence-electron chi connectivity index (χ0n) is 14.3. The summed E-state index contributed by atoms with van der Waals surface area (Å²) < 4.78 is 34.1. The van der Waals surface area contributed by atoms with Gasteiger partial charge in [-0.15, -0.1) is 0 Å². The van der Waals surface area contributed by atoms with Crippen LogP contribution in [0.15, 0.2) is 54.6 Å². The van der Waals surface area contributed by atoms with Gasteiger partial charge in [0.15, 0.2) is 4.75 Å². The molecule has 0 radical (unpaired) electrons. The second-order valence-corrected chi connectivity index (χ2v) is 9.20. The van der Waals surface area contributed by atoms with Gasteiger partial charge in [-0.3, -0.25) is 4.55 Å². The normalized spacial score (nSPS) is 13.8. The first-order chi connectivity index (χ1) is 13.5. The predicted octanol–water partition coefficient (Wildman–Crippen LogP) is 5.89. The summed E-state index contributed by atoms with van der Waals surface area (Å²) in [4.78, 5) is 0. The van der Waals surface area contributed by atoms with Crippen molar-refractivity contribution in [2.24, 2.45) is 0 Å². The number of aromatic hydroxyl groups is 2. The van der Waals surface area contributed by atoms with Crippen molar-refractivity contribution < 1.29 is 23.2 Å². The molecule has 0 amide bonds. The predicted molar refractivity (Wildman–Crippen MR) is 114 cm³/mol. The molecule has 0 heterocycles. The fourth-order valence-corrected chi connectivity index (χ4v) is 5.87. The maximum absolute atomic E-state index is 13.0. The van der Waals surface area contributed by atoms with Gasteiger partial charge < -0.3 is 10.2 Å². The fourth-order valence-electron chi connectivity index (χ4n) is 3.21. The number of rotatable bonds is 4. The van der Waals surface area contributed by atoms with Crippen molar-refractivity contribution in [1.29, 1.82) is 0 Å². The van der Waals surface area contributed by atoms with Crippen LogP contribution in [0.5, 0.6) is 11.5 Å². The zero-order valence-corrected chi connectivity index (χ0v) is 18.1. The third kappa shape index (κ3) is 3.54. The van der Waals surface area contributed by atoms with Crippen LogP contribution in [0.3, 0.4) is 0 Å².